The van der Waals surface area contributed by atoms with Crippen molar-refractivity contribution in [3.05, 3.63) is 28.5 Å². The van der Waals surface area contributed by atoms with Gasteiger partial charge in [-0.1, -0.05) is 0 Å². The summed E-state index contributed by atoms with van der Waals surface area (Å²) in [6, 6.07) is 0. The molecule has 0 aromatic carbocycles. The third kappa shape index (κ3) is 2.99. The van der Waals surface area contributed by atoms with Gasteiger partial charge < -0.3 is 4.90 Å². The summed E-state index contributed by atoms with van der Waals surface area (Å²) < 4.78 is 3.15. The van der Waals surface area contributed by atoms with E-state index in [1.807, 2.05) is 19.3 Å². The molecule has 0 saturated heterocycles. The second-order valence-corrected chi connectivity index (χ2v) is 7.22. The lowest BCUT2D eigenvalue weighted by atomic mass is 9.81. The predicted octanol–water partition coefficient (Wildman–Crippen LogP) is 3.64. The zero-order chi connectivity index (χ0) is 15.0. The monoisotopic (exact) mass is 350 g/mol. The van der Waals surface area contributed by atoms with E-state index in [1.165, 1.54) is 38.1 Å². The summed E-state index contributed by atoms with van der Waals surface area (Å²) in [6.07, 6.45) is 9.01. The standard InChI is InChI=1S/C16H23BrN4/c1-11-14-15(17)19-16(21(14)9-8-18-11)13-6-4-12(5-7-13)10-20(2)3/h8-9,12-13H,4-7,10H2,1-3H3. The number of imidazole rings is 1. The smallest absolute Gasteiger partial charge is 0.134 e. The van der Waals surface area contributed by atoms with Gasteiger partial charge in [0.2, 0.25) is 0 Å². The van der Waals surface area contributed by atoms with E-state index in [0.717, 1.165) is 21.7 Å². The Morgan fingerprint density at radius 2 is 2.00 bits per heavy atom. The summed E-state index contributed by atoms with van der Waals surface area (Å²) in [7, 11) is 4.34. The van der Waals surface area contributed by atoms with Crippen molar-refractivity contribution in [2.45, 2.75) is 38.5 Å². The van der Waals surface area contributed by atoms with Gasteiger partial charge in [0.1, 0.15) is 15.9 Å². The minimum Gasteiger partial charge on any atom is -0.309 e. The van der Waals surface area contributed by atoms with E-state index in [4.69, 9.17) is 4.98 Å². The third-order valence-electron chi connectivity index (χ3n) is 4.56. The first-order valence-electron chi connectivity index (χ1n) is 7.70. The van der Waals surface area contributed by atoms with Crippen LogP contribution in [-0.2, 0) is 0 Å². The first-order valence-corrected chi connectivity index (χ1v) is 8.49. The molecule has 21 heavy (non-hydrogen) atoms. The van der Waals surface area contributed by atoms with Gasteiger partial charge in [-0.15, -0.1) is 0 Å². The molecule has 1 fully saturated rings. The molecule has 3 rings (SSSR count). The molecule has 1 aliphatic carbocycles. The van der Waals surface area contributed by atoms with Gasteiger partial charge in [-0.3, -0.25) is 9.38 Å². The molecule has 0 N–H and O–H groups in total. The van der Waals surface area contributed by atoms with Gasteiger partial charge in [0.15, 0.2) is 0 Å². The minimum atomic E-state index is 0.573. The van der Waals surface area contributed by atoms with Gasteiger partial charge in [0.25, 0.3) is 0 Å². The fraction of sp³-hybridized carbons (Fsp3) is 0.625. The Balaban J connectivity index is 1.81. The molecule has 0 amide bonds. The molecular weight excluding hydrogens is 328 g/mol. The number of aryl methyl sites for hydroxylation is 1. The quantitative estimate of drug-likeness (QED) is 0.847. The zero-order valence-corrected chi connectivity index (χ0v) is 14.6. The molecule has 1 aliphatic rings. The van der Waals surface area contributed by atoms with Crippen molar-refractivity contribution in [1.29, 1.82) is 0 Å². The van der Waals surface area contributed by atoms with Crippen LogP contribution < -0.4 is 0 Å². The fourth-order valence-electron chi connectivity index (χ4n) is 3.58. The van der Waals surface area contributed by atoms with Crippen molar-refractivity contribution in [2.75, 3.05) is 20.6 Å². The van der Waals surface area contributed by atoms with Gasteiger partial charge in [-0.2, -0.15) is 0 Å². The number of nitrogens with zero attached hydrogens (tertiary/aromatic N) is 4. The van der Waals surface area contributed by atoms with Crippen molar-refractivity contribution < 1.29 is 0 Å². The van der Waals surface area contributed by atoms with Crippen LogP contribution in [0.25, 0.3) is 5.52 Å². The van der Waals surface area contributed by atoms with Crippen molar-refractivity contribution in [3.8, 4) is 0 Å². The highest BCUT2D eigenvalue weighted by Gasteiger charge is 2.26. The molecule has 2 aromatic heterocycles. The summed E-state index contributed by atoms with van der Waals surface area (Å²) >= 11 is 3.60. The first kappa shape index (κ1) is 15.0. The lowest BCUT2D eigenvalue weighted by Crippen LogP contribution is -2.25. The molecule has 0 atom stereocenters. The largest absolute Gasteiger partial charge is 0.309 e. The molecule has 2 heterocycles. The van der Waals surface area contributed by atoms with Crippen molar-refractivity contribution in [1.82, 2.24) is 19.3 Å². The van der Waals surface area contributed by atoms with E-state index < -0.39 is 0 Å². The second kappa shape index (κ2) is 6.05. The maximum absolute atomic E-state index is 4.79. The maximum Gasteiger partial charge on any atom is 0.134 e. The van der Waals surface area contributed by atoms with Gasteiger partial charge >= 0.3 is 0 Å². The van der Waals surface area contributed by atoms with E-state index in [-0.39, 0.29) is 0 Å². The van der Waals surface area contributed by atoms with Crippen LogP contribution in [0.4, 0.5) is 0 Å². The van der Waals surface area contributed by atoms with Crippen molar-refractivity contribution in [2.24, 2.45) is 5.92 Å². The summed E-state index contributed by atoms with van der Waals surface area (Å²) in [5.41, 5.74) is 2.15. The molecule has 1 saturated carbocycles. The number of rotatable bonds is 3. The van der Waals surface area contributed by atoms with Crippen LogP contribution >= 0.6 is 15.9 Å². The average Bonchev–Trinajstić information content (AvgIpc) is 2.78. The Hall–Kier alpha value is -0.940. The minimum absolute atomic E-state index is 0.573. The Morgan fingerprint density at radius 1 is 1.29 bits per heavy atom. The molecule has 0 unspecified atom stereocenters. The number of halogens is 1. The van der Waals surface area contributed by atoms with Gasteiger partial charge in [0.05, 0.1) is 5.69 Å². The van der Waals surface area contributed by atoms with E-state index >= 15 is 0 Å². The zero-order valence-electron chi connectivity index (χ0n) is 13.0. The molecule has 114 valence electrons. The molecular formula is C16H23BrN4. The van der Waals surface area contributed by atoms with Crippen LogP contribution in [0.3, 0.4) is 0 Å². The fourth-order valence-corrected chi connectivity index (χ4v) is 4.24. The molecule has 2 aromatic rings. The normalized spacial score (nSPS) is 23.1. The highest BCUT2D eigenvalue weighted by atomic mass is 79.9. The number of hydrogen-bond acceptors (Lipinski definition) is 3. The van der Waals surface area contributed by atoms with Crippen LogP contribution in [0.15, 0.2) is 17.0 Å². The van der Waals surface area contributed by atoms with E-state index in [1.54, 1.807) is 0 Å². The van der Waals surface area contributed by atoms with Crippen LogP contribution in [-0.4, -0.2) is 39.9 Å². The average molecular weight is 351 g/mol. The van der Waals surface area contributed by atoms with Crippen molar-refractivity contribution in [3.63, 3.8) is 0 Å². The number of hydrogen-bond donors (Lipinski definition) is 0. The third-order valence-corrected chi connectivity index (χ3v) is 5.11. The number of aromatic nitrogens is 3. The lowest BCUT2D eigenvalue weighted by Gasteiger charge is -2.29. The van der Waals surface area contributed by atoms with Gasteiger partial charge in [-0.05, 0) is 68.6 Å². The second-order valence-electron chi connectivity index (χ2n) is 6.47. The highest BCUT2D eigenvalue weighted by Crippen LogP contribution is 2.37. The highest BCUT2D eigenvalue weighted by molar-refractivity contribution is 9.10. The molecule has 0 aliphatic heterocycles. The Bertz CT molecular complexity index is 626. The van der Waals surface area contributed by atoms with Crippen molar-refractivity contribution >= 4 is 21.4 Å². The summed E-state index contributed by atoms with van der Waals surface area (Å²) in [6.45, 7) is 3.25. The Labute approximate surface area is 134 Å². The first-order chi connectivity index (χ1) is 10.1. The molecule has 5 heteroatoms. The topological polar surface area (TPSA) is 33.4 Å². The van der Waals surface area contributed by atoms with E-state index in [2.05, 4.69) is 44.3 Å². The summed E-state index contributed by atoms with van der Waals surface area (Å²) in [4.78, 5) is 11.5. The molecule has 4 nitrogen and oxygen atoms in total. The van der Waals surface area contributed by atoms with Gasteiger partial charge in [0, 0.05) is 24.9 Å². The number of fused-ring (bicyclic) bond motifs is 1. The SMILES string of the molecule is Cc1nccn2c(C3CCC(CN(C)C)CC3)nc(Br)c12. The molecule has 0 bridgehead atoms. The predicted molar refractivity (Wildman–Crippen MR) is 88.7 cm³/mol. The summed E-state index contributed by atoms with van der Waals surface area (Å²) in [5.74, 6) is 2.61. The summed E-state index contributed by atoms with van der Waals surface area (Å²) in [5, 5.41) is 0. The molecule has 0 radical (unpaired) electrons. The van der Waals surface area contributed by atoms with Crippen LogP contribution in [0, 0.1) is 12.8 Å². The maximum atomic E-state index is 4.79. The Kier molecular flexibility index (Phi) is 4.31. The van der Waals surface area contributed by atoms with Gasteiger partial charge in [-0.25, -0.2) is 4.98 Å². The van der Waals surface area contributed by atoms with Crippen LogP contribution in [0.2, 0.25) is 0 Å². The molecule has 0 spiro atoms. The van der Waals surface area contributed by atoms with E-state index in [0.29, 0.717) is 5.92 Å². The van der Waals surface area contributed by atoms with E-state index in [9.17, 15) is 0 Å². The van der Waals surface area contributed by atoms with Crippen LogP contribution in [0.5, 0.6) is 0 Å². The Morgan fingerprint density at radius 3 is 2.67 bits per heavy atom. The lowest BCUT2D eigenvalue weighted by molar-refractivity contribution is 0.246. The van der Waals surface area contributed by atoms with Crippen LogP contribution in [0.1, 0.15) is 43.1 Å².